The van der Waals surface area contributed by atoms with Crippen LogP contribution in [0.25, 0.3) is 0 Å². The predicted molar refractivity (Wildman–Crippen MR) is 73.9 cm³/mol. The average Bonchev–Trinajstić information content (AvgIpc) is 2.32. The number of aryl methyl sites for hydroxylation is 1. The summed E-state index contributed by atoms with van der Waals surface area (Å²) in [5, 5.41) is 2.89. The van der Waals surface area contributed by atoms with E-state index in [1.165, 1.54) is 0 Å². The van der Waals surface area contributed by atoms with E-state index in [1.807, 2.05) is 25.1 Å². The highest BCUT2D eigenvalue weighted by Gasteiger charge is 2.09. The van der Waals surface area contributed by atoms with E-state index in [0.717, 1.165) is 29.3 Å². The lowest BCUT2D eigenvalue weighted by atomic mass is 10.1. The first-order valence-electron chi connectivity index (χ1n) is 5.63. The van der Waals surface area contributed by atoms with Gasteiger partial charge in [-0.25, -0.2) is 0 Å². The molecule has 0 saturated heterocycles. The topological polar surface area (TPSA) is 29.1 Å². The van der Waals surface area contributed by atoms with Gasteiger partial charge < -0.3 is 5.32 Å². The normalized spacial score (nSPS) is 9.71. The molecule has 0 saturated carbocycles. The van der Waals surface area contributed by atoms with Crippen LogP contribution in [0.4, 0.5) is 0 Å². The monoisotopic (exact) mass is 293 g/mol. The van der Waals surface area contributed by atoms with Gasteiger partial charge in [0.25, 0.3) is 5.91 Å². The SMILES string of the molecule is C#CCCCCNC(=O)c1cccc(C)c1Br. The molecule has 1 N–H and O–H groups in total. The molecular weight excluding hydrogens is 278 g/mol. The van der Waals surface area contributed by atoms with Crippen LogP contribution >= 0.6 is 15.9 Å². The Morgan fingerprint density at radius 3 is 2.94 bits per heavy atom. The van der Waals surface area contributed by atoms with Crippen molar-refractivity contribution in [1.29, 1.82) is 0 Å². The first-order valence-corrected chi connectivity index (χ1v) is 6.43. The van der Waals surface area contributed by atoms with Gasteiger partial charge in [0.1, 0.15) is 0 Å². The Kier molecular flexibility index (Phi) is 5.79. The van der Waals surface area contributed by atoms with Crippen LogP contribution in [0.5, 0.6) is 0 Å². The lowest BCUT2D eigenvalue weighted by molar-refractivity contribution is 0.0952. The standard InChI is InChI=1S/C14H16BrNO/c1-3-4-5-6-10-16-14(17)12-9-7-8-11(2)13(12)15/h1,7-9H,4-6,10H2,2H3,(H,16,17). The number of halogens is 1. The summed E-state index contributed by atoms with van der Waals surface area (Å²) < 4.78 is 0.862. The average molecular weight is 294 g/mol. The van der Waals surface area contributed by atoms with Crippen LogP contribution in [0.15, 0.2) is 22.7 Å². The number of carbonyl (C=O) groups excluding carboxylic acids is 1. The van der Waals surface area contributed by atoms with Crippen molar-refractivity contribution in [3.05, 3.63) is 33.8 Å². The van der Waals surface area contributed by atoms with Gasteiger partial charge in [0.15, 0.2) is 0 Å². The van der Waals surface area contributed by atoms with Crippen molar-refractivity contribution in [2.24, 2.45) is 0 Å². The van der Waals surface area contributed by atoms with E-state index >= 15 is 0 Å². The summed E-state index contributed by atoms with van der Waals surface area (Å²) in [5.41, 5.74) is 1.74. The van der Waals surface area contributed by atoms with Crippen LogP contribution < -0.4 is 5.32 Å². The van der Waals surface area contributed by atoms with Crippen molar-refractivity contribution >= 4 is 21.8 Å². The Morgan fingerprint density at radius 1 is 1.47 bits per heavy atom. The summed E-state index contributed by atoms with van der Waals surface area (Å²) >= 11 is 3.43. The van der Waals surface area contributed by atoms with E-state index in [2.05, 4.69) is 27.2 Å². The molecule has 0 bridgehead atoms. The molecule has 0 unspecified atom stereocenters. The third kappa shape index (κ3) is 4.24. The highest BCUT2D eigenvalue weighted by atomic mass is 79.9. The lowest BCUT2D eigenvalue weighted by Gasteiger charge is -2.07. The summed E-state index contributed by atoms with van der Waals surface area (Å²) in [7, 11) is 0. The van der Waals surface area contributed by atoms with E-state index in [1.54, 1.807) is 0 Å². The van der Waals surface area contributed by atoms with E-state index in [0.29, 0.717) is 12.1 Å². The summed E-state index contributed by atoms with van der Waals surface area (Å²) in [4.78, 5) is 11.9. The third-order valence-corrected chi connectivity index (χ3v) is 3.52. The molecule has 1 amide bonds. The van der Waals surface area contributed by atoms with E-state index in [4.69, 9.17) is 6.42 Å². The molecule has 0 aliphatic heterocycles. The van der Waals surface area contributed by atoms with Gasteiger partial charge in [-0.15, -0.1) is 12.3 Å². The van der Waals surface area contributed by atoms with E-state index < -0.39 is 0 Å². The third-order valence-electron chi connectivity index (χ3n) is 2.47. The molecule has 0 atom stereocenters. The molecule has 0 spiro atoms. The number of carbonyl (C=O) groups is 1. The number of amides is 1. The second kappa shape index (κ2) is 7.13. The quantitative estimate of drug-likeness (QED) is 0.655. The van der Waals surface area contributed by atoms with Crippen molar-refractivity contribution in [1.82, 2.24) is 5.32 Å². The molecule has 0 fully saturated rings. The lowest BCUT2D eigenvalue weighted by Crippen LogP contribution is -2.24. The highest BCUT2D eigenvalue weighted by molar-refractivity contribution is 9.10. The number of benzene rings is 1. The summed E-state index contributed by atoms with van der Waals surface area (Å²) in [6.45, 7) is 2.63. The number of nitrogens with one attached hydrogen (secondary N) is 1. The summed E-state index contributed by atoms with van der Waals surface area (Å²) in [5.74, 6) is 2.54. The predicted octanol–water partition coefficient (Wildman–Crippen LogP) is 3.29. The second-order valence-electron chi connectivity index (χ2n) is 3.85. The zero-order valence-electron chi connectivity index (χ0n) is 9.92. The number of hydrogen-bond acceptors (Lipinski definition) is 1. The van der Waals surface area contributed by atoms with Crippen LogP contribution in [0.2, 0.25) is 0 Å². The van der Waals surface area contributed by atoms with Crippen molar-refractivity contribution < 1.29 is 4.79 Å². The molecule has 90 valence electrons. The Hall–Kier alpha value is -1.27. The molecule has 0 aromatic heterocycles. The highest BCUT2D eigenvalue weighted by Crippen LogP contribution is 2.20. The van der Waals surface area contributed by atoms with Crippen molar-refractivity contribution in [3.8, 4) is 12.3 Å². The van der Waals surface area contributed by atoms with Crippen molar-refractivity contribution in [3.63, 3.8) is 0 Å². The van der Waals surface area contributed by atoms with Gasteiger partial charge in [-0.2, -0.15) is 0 Å². The number of rotatable bonds is 5. The first kappa shape index (κ1) is 13.8. The van der Waals surface area contributed by atoms with Gasteiger partial charge in [0.05, 0.1) is 5.56 Å². The maximum Gasteiger partial charge on any atom is 0.252 e. The Balaban J connectivity index is 2.48. The largest absolute Gasteiger partial charge is 0.352 e. The van der Waals surface area contributed by atoms with Crippen LogP contribution in [-0.2, 0) is 0 Å². The van der Waals surface area contributed by atoms with Gasteiger partial charge >= 0.3 is 0 Å². The molecule has 1 rings (SSSR count). The minimum atomic E-state index is -0.0405. The van der Waals surface area contributed by atoms with Crippen LogP contribution in [0.1, 0.15) is 35.2 Å². The minimum Gasteiger partial charge on any atom is -0.352 e. The Morgan fingerprint density at radius 2 is 2.24 bits per heavy atom. The van der Waals surface area contributed by atoms with Gasteiger partial charge in [-0.3, -0.25) is 4.79 Å². The fourth-order valence-electron chi connectivity index (χ4n) is 1.47. The van der Waals surface area contributed by atoms with Crippen molar-refractivity contribution in [2.75, 3.05) is 6.54 Å². The van der Waals surface area contributed by atoms with Crippen LogP contribution in [0.3, 0.4) is 0 Å². The zero-order chi connectivity index (χ0) is 12.7. The number of hydrogen-bond donors (Lipinski definition) is 1. The molecule has 3 heteroatoms. The minimum absolute atomic E-state index is 0.0405. The van der Waals surface area contributed by atoms with Crippen molar-refractivity contribution in [2.45, 2.75) is 26.2 Å². The fraction of sp³-hybridized carbons (Fsp3) is 0.357. The van der Waals surface area contributed by atoms with E-state index in [-0.39, 0.29) is 5.91 Å². The van der Waals surface area contributed by atoms with Gasteiger partial charge in [-0.1, -0.05) is 12.1 Å². The number of terminal acetylenes is 1. The molecule has 0 aliphatic carbocycles. The number of unbranched alkanes of at least 4 members (excludes halogenated alkanes) is 2. The molecule has 0 radical (unpaired) electrons. The van der Waals surface area contributed by atoms with Crippen LogP contribution in [0, 0.1) is 19.3 Å². The second-order valence-corrected chi connectivity index (χ2v) is 4.65. The van der Waals surface area contributed by atoms with Gasteiger partial charge in [0, 0.05) is 17.4 Å². The zero-order valence-corrected chi connectivity index (χ0v) is 11.5. The molecule has 17 heavy (non-hydrogen) atoms. The maximum atomic E-state index is 11.9. The molecule has 0 aliphatic rings. The molecule has 1 aromatic carbocycles. The van der Waals surface area contributed by atoms with Gasteiger partial charge in [-0.05, 0) is 47.3 Å². The summed E-state index contributed by atoms with van der Waals surface area (Å²) in [6, 6.07) is 5.66. The Labute approximate surface area is 111 Å². The smallest absolute Gasteiger partial charge is 0.252 e. The molecule has 1 aromatic rings. The fourth-order valence-corrected chi connectivity index (χ4v) is 1.92. The molecule has 0 heterocycles. The summed E-state index contributed by atoms with van der Waals surface area (Å²) in [6.07, 6.45) is 7.79. The maximum absolute atomic E-state index is 11.9. The van der Waals surface area contributed by atoms with E-state index in [9.17, 15) is 4.79 Å². The van der Waals surface area contributed by atoms with Crippen LogP contribution in [-0.4, -0.2) is 12.5 Å². The molecular formula is C14H16BrNO. The molecule has 2 nitrogen and oxygen atoms in total. The van der Waals surface area contributed by atoms with Gasteiger partial charge in [0.2, 0.25) is 0 Å². The first-order chi connectivity index (χ1) is 8.16. The Bertz CT molecular complexity index is 434.